The van der Waals surface area contributed by atoms with Crippen molar-refractivity contribution in [2.45, 2.75) is 35.7 Å². The summed E-state index contributed by atoms with van der Waals surface area (Å²) < 4.78 is 49.0. The van der Waals surface area contributed by atoms with Crippen molar-refractivity contribution in [2.24, 2.45) is 0 Å². The van der Waals surface area contributed by atoms with Crippen LogP contribution >= 0.6 is 11.8 Å². The smallest absolute Gasteiger partial charge is 0.217 e. The minimum absolute atomic E-state index is 0.0440. The molecule has 21 heavy (non-hydrogen) atoms. The maximum Gasteiger partial charge on any atom is 0.217 e. The number of thioether (sulfide) groups is 1. The fraction of sp³-hybridized carbons (Fsp3) is 0.917. The van der Waals surface area contributed by atoms with E-state index in [1.165, 1.54) is 16.1 Å². The Hall–Kier alpha value is -0.300. The summed E-state index contributed by atoms with van der Waals surface area (Å²) in [5.41, 5.74) is 0. The van der Waals surface area contributed by atoms with Crippen molar-refractivity contribution in [3.63, 3.8) is 0 Å². The first kappa shape index (κ1) is 17.1. The Labute approximate surface area is 130 Å². The topological polar surface area (TPSA) is 95.3 Å². The number of piperidine rings is 1. The van der Waals surface area contributed by atoms with E-state index in [4.69, 9.17) is 0 Å². The number of hydrogen-bond acceptors (Lipinski definition) is 6. The van der Waals surface area contributed by atoms with Gasteiger partial charge in [0.05, 0.1) is 22.8 Å². The molecule has 0 N–H and O–H groups in total. The van der Waals surface area contributed by atoms with Gasteiger partial charge in [-0.3, -0.25) is 0 Å². The second-order valence-electron chi connectivity index (χ2n) is 5.61. The van der Waals surface area contributed by atoms with E-state index in [9.17, 15) is 22.1 Å². The van der Waals surface area contributed by atoms with E-state index in [0.717, 1.165) is 0 Å². The van der Waals surface area contributed by atoms with Gasteiger partial charge in [-0.05, 0) is 31.9 Å². The van der Waals surface area contributed by atoms with Crippen LogP contribution in [0.3, 0.4) is 0 Å². The Balaban J connectivity index is 2.04. The molecular weight excluding hydrogens is 332 g/mol. The molecule has 0 aliphatic carbocycles. The fourth-order valence-electron chi connectivity index (χ4n) is 2.84. The molecule has 0 aromatic heterocycles. The van der Waals surface area contributed by atoms with Crippen LogP contribution in [0.2, 0.25) is 0 Å². The molecule has 0 aromatic carbocycles. The van der Waals surface area contributed by atoms with Gasteiger partial charge in [0.15, 0.2) is 0 Å². The predicted octanol–water partition coefficient (Wildman–Crippen LogP) is 0.615. The molecule has 2 saturated heterocycles. The summed E-state index contributed by atoms with van der Waals surface area (Å²) in [6, 6.07) is 2.29. The normalized spacial score (nSPS) is 27.0. The molecule has 0 amide bonds. The van der Waals surface area contributed by atoms with Crippen LogP contribution in [0.25, 0.3) is 0 Å². The zero-order valence-electron chi connectivity index (χ0n) is 12.0. The average Bonchev–Trinajstić information content (AvgIpc) is 2.47. The van der Waals surface area contributed by atoms with Crippen molar-refractivity contribution < 1.29 is 16.8 Å². The van der Waals surface area contributed by atoms with Gasteiger partial charge < -0.3 is 0 Å². The SMILES string of the molecule is CSC1(C#N)CCN(S(=O)(=O)C2CCS(=O)(=O)CC2)CC1. The van der Waals surface area contributed by atoms with Crippen molar-refractivity contribution in [2.75, 3.05) is 30.9 Å². The molecule has 120 valence electrons. The Kier molecular flexibility index (Phi) is 4.93. The second kappa shape index (κ2) is 6.07. The number of nitriles is 1. The standard InChI is InChI=1S/C12H20N2O4S3/c1-19-12(10-13)4-6-14(7-5-12)21(17,18)11-2-8-20(15,16)9-3-11/h11H,2-9H2,1H3. The van der Waals surface area contributed by atoms with Crippen LogP contribution in [0.1, 0.15) is 25.7 Å². The van der Waals surface area contributed by atoms with E-state index in [2.05, 4.69) is 6.07 Å². The van der Waals surface area contributed by atoms with Gasteiger partial charge in [0, 0.05) is 13.1 Å². The molecule has 2 fully saturated rings. The first-order chi connectivity index (χ1) is 9.75. The molecule has 0 bridgehead atoms. The maximum atomic E-state index is 12.6. The Morgan fingerprint density at radius 2 is 1.76 bits per heavy atom. The Morgan fingerprint density at radius 3 is 2.19 bits per heavy atom. The van der Waals surface area contributed by atoms with Gasteiger partial charge in [0.25, 0.3) is 0 Å². The lowest BCUT2D eigenvalue weighted by atomic mass is 9.99. The zero-order chi connectivity index (χ0) is 15.7. The molecule has 0 atom stereocenters. The van der Waals surface area contributed by atoms with E-state index >= 15 is 0 Å². The summed E-state index contributed by atoms with van der Waals surface area (Å²) in [5, 5.41) is 8.64. The lowest BCUT2D eigenvalue weighted by molar-refractivity contribution is 0.322. The molecule has 0 unspecified atom stereocenters. The number of rotatable bonds is 3. The number of hydrogen-bond donors (Lipinski definition) is 0. The molecule has 2 rings (SSSR count). The van der Waals surface area contributed by atoms with Crippen LogP contribution in [0, 0.1) is 11.3 Å². The molecule has 2 heterocycles. The highest BCUT2D eigenvalue weighted by molar-refractivity contribution is 8.00. The lowest BCUT2D eigenvalue weighted by Gasteiger charge is -2.37. The van der Waals surface area contributed by atoms with Gasteiger partial charge >= 0.3 is 0 Å². The second-order valence-corrected chi connectivity index (χ2v) is 11.3. The van der Waals surface area contributed by atoms with E-state index in [0.29, 0.717) is 25.9 Å². The first-order valence-corrected chi connectivity index (χ1v) is 11.5. The largest absolute Gasteiger partial charge is 0.229 e. The molecule has 9 heteroatoms. The fourth-order valence-corrected chi connectivity index (χ4v) is 7.26. The van der Waals surface area contributed by atoms with Crippen molar-refractivity contribution in [3.8, 4) is 6.07 Å². The summed E-state index contributed by atoms with van der Waals surface area (Å²) in [7, 11) is -6.51. The molecular formula is C12H20N2O4S3. The Morgan fingerprint density at radius 1 is 1.24 bits per heavy atom. The van der Waals surface area contributed by atoms with Gasteiger partial charge in [-0.1, -0.05) is 0 Å². The molecule has 2 aliphatic heterocycles. The van der Waals surface area contributed by atoms with Gasteiger partial charge in [-0.2, -0.15) is 5.26 Å². The highest BCUT2D eigenvalue weighted by Gasteiger charge is 2.42. The van der Waals surface area contributed by atoms with Crippen LogP contribution in [-0.4, -0.2) is 62.0 Å². The monoisotopic (exact) mass is 352 g/mol. The zero-order valence-corrected chi connectivity index (χ0v) is 14.4. The van der Waals surface area contributed by atoms with Gasteiger partial charge in [0.2, 0.25) is 10.0 Å². The Bertz CT molecular complexity index is 614. The third-order valence-electron chi connectivity index (χ3n) is 4.41. The van der Waals surface area contributed by atoms with Gasteiger partial charge in [-0.15, -0.1) is 11.8 Å². The minimum atomic E-state index is -3.45. The maximum absolute atomic E-state index is 12.6. The van der Waals surface area contributed by atoms with Crippen molar-refractivity contribution in [1.82, 2.24) is 4.31 Å². The third kappa shape index (κ3) is 3.55. The van der Waals surface area contributed by atoms with E-state index < -0.39 is 29.9 Å². The summed E-state index contributed by atoms with van der Waals surface area (Å²) in [5.74, 6) is -0.0879. The summed E-state index contributed by atoms with van der Waals surface area (Å²) in [6.07, 6.45) is 3.30. The predicted molar refractivity (Wildman–Crippen MR) is 83.3 cm³/mol. The summed E-state index contributed by atoms with van der Waals surface area (Å²) in [6.45, 7) is 0.694. The van der Waals surface area contributed by atoms with Crippen LogP contribution in [-0.2, 0) is 19.9 Å². The van der Waals surface area contributed by atoms with E-state index in [1.807, 2.05) is 6.26 Å². The van der Waals surface area contributed by atoms with Crippen molar-refractivity contribution in [1.29, 1.82) is 5.26 Å². The quantitative estimate of drug-likeness (QED) is 0.739. The van der Waals surface area contributed by atoms with E-state index in [-0.39, 0.29) is 24.3 Å². The summed E-state index contributed by atoms with van der Waals surface area (Å²) in [4.78, 5) is 0. The minimum Gasteiger partial charge on any atom is -0.229 e. The van der Waals surface area contributed by atoms with Crippen LogP contribution in [0.5, 0.6) is 0 Å². The molecule has 0 spiro atoms. The molecule has 0 saturated carbocycles. The lowest BCUT2D eigenvalue weighted by Crippen LogP contribution is -2.49. The molecule has 2 aliphatic rings. The van der Waals surface area contributed by atoms with Gasteiger partial charge in [-0.25, -0.2) is 21.1 Å². The van der Waals surface area contributed by atoms with Crippen LogP contribution in [0.15, 0.2) is 0 Å². The number of sulfone groups is 1. The molecule has 6 nitrogen and oxygen atoms in total. The molecule has 0 radical (unpaired) electrons. The average molecular weight is 353 g/mol. The van der Waals surface area contributed by atoms with Crippen molar-refractivity contribution in [3.05, 3.63) is 0 Å². The van der Waals surface area contributed by atoms with Crippen LogP contribution in [0.4, 0.5) is 0 Å². The third-order valence-corrected chi connectivity index (χ3v) is 9.80. The van der Waals surface area contributed by atoms with Crippen LogP contribution < -0.4 is 0 Å². The highest BCUT2D eigenvalue weighted by Crippen LogP contribution is 2.35. The number of sulfonamides is 1. The van der Waals surface area contributed by atoms with Gasteiger partial charge in [0.1, 0.15) is 14.6 Å². The first-order valence-electron chi connectivity index (χ1n) is 6.90. The number of nitrogens with zero attached hydrogens (tertiary/aromatic N) is 2. The molecule has 0 aromatic rings. The highest BCUT2D eigenvalue weighted by atomic mass is 32.2. The van der Waals surface area contributed by atoms with E-state index in [1.54, 1.807) is 0 Å². The van der Waals surface area contributed by atoms with Crippen molar-refractivity contribution >= 4 is 31.6 Å². The summed E-state index contributed by atoms with van der Waals surface area (Å²) >= 11 is 1.48.